The second kappa shape index (κ2) is 6.78. The van der Waals surface area contributed by atoms with Gasteiger partial charge in [0.15, 0.2) is 0 Å². The van der Waals surface area contributed by atoms with Crippen molar-refractivity contribution in [3.63, 3.8) is 0 Å². The molecule has 0 aromatic heterocycles. The molecule has 5 nitrogen and oxygen atoms in total. The molecule has 2 aliphatic rings. The predicted molar refractivity (Wildman–Crippen MR) is 98.0 cm³/mol. The van der Waals surface area contributed by atoms with Crippen molar-refractivity contribution in [2.75, 3.05) is 13.1 Å². The fourth-order valence-corrected chi connectivity index (χ4v) is 4.32. The van der Waals surface area contributed by atoms with Crippen LogP contribution < -0.4 is 4.74 Å². The third kappa shape index (κ3) is 3.29. The first-order valence-electron chi connectivity index (χ1n) is 9.27. The zero-order valence-electron chi connectivity index (χ0n) is 15.2. The summed E-state index contributed by atoms with van der Waals surface area (Å²) in [6.45, 7) is 3.09. The van der Waals surface area contributed by atoms with Gasteiger partial charge >= 0.3 is 0 Å². The standard InChI is InChI=1S/C21H24FNO4/c1-13-19(20(25)17-7-6-16(24)12-18(17)27-13)23-10-8-21(26,9-11-23)14-2-4-15(22)5-3-14/h2-7,12-13,19-20,24-26H,8-11H2,1H3. The molecule has 144 valence electrons. The highest BCUT2D eigenvalue weighted by Gasteiger charge is 2.43. The molecule has 0 radical (unpaired) electrons. The van der Waals surface area contributed by atoms with Crippen molar-refractivity contribution in [2.24, 2.45) is 0 Å². The van der Waals surface area contributed by atoms with Crippen molar-refractivity contribution in [3.05, 3.63) is 59.4 Å². The van der Waals surface area contributed by atoms with Gasteiger partial charge < -0.3 is 20.1 Å². The molecule has 3 atom stereocenters. The van der Waals surface area contributed by atoms with Crippen LogP contribution in [0.4, 0.5) is 4.39 Å². The molecule has 27 heavy (non-hydrogen) atoms. The van der Waals surface area contributed by atoms with Gasteiger partial charge in [0, 0.05) is 24.7 Å². The van der Waals surface area contributed by atoms with E-state index in [0.29, 0.717) is 37.2 Å². The Balaban J connectivity index is 1.51. The summed E-state index contributed by atoms with van der Waals surface area (Å²) in [4.78, 5) is 2.14. The predicted octanol–water partition coefficient (Wildman–Crippen LogP) is 2.70. The summed E-state index contributed by atoms with van der Waals surface area (Å²) in [5.41, 5.74) is 0.394. The first kappa shape index (κ1) is 18.2. The van der Waals surface area contributed by atoms with Crippen molar-refractivity contribution < 1.29 is 24.4 Å². The molecule has 0 spiro atoms. The van der Waals surface area contributed by atoms with E-state index in [4.69, 9.17) is 4.74 Å². The van der Waals surface area contributed by atoms with Crippen molar-refractivity contribution >= 4 is 0 Å². The Morgan fingerprint density at radius 1 is 1.11 bits per heavy atom. The Bertz CT molecular complexity index is 817. The summed E-state index contributed by atoms with van der Waals surface area (Å²) in [6, 6.07) is 10.5. The van der Waals surface area contributed by atoms with Crippen molar-refractivity contribution in [1.29, 1.82) is 0 Å². The van der Waals surface area contributed by atoms with Crippen molar-refractivity contribution in [3.8, 4) is 11.5 Å². The summed E-state index contributed by atoms with van der Waals surface area (Å²) in [6.07, 6.45) is 0.00117. The number of piperidine rings is 1. The second-order valence-corrected chi connectivity index (χ2v) is 7.55. The fraction of sp³-hybridized carbons (Fsp3) is 0.429. The van der Waals surface area contributed by atoms with Gasteiger partial charge in [-0.05, 0) is 49.6 Å². The monoisotopic (exact) mass is 373 g/mol. The molecule has 0 bridgehead atoms. The maximum absolute atomic E-state index is 13.2. The summed E-state index contributed by atoms with van der Waals surface area (Å²) in [5.74, 6) is 0.292. The van der Waals surface area contributed by atoms with Crippen LogP contribution in [0.2, 0.25) is 0 Å². The average molecular weight is 373 g/mol. The van der Waals surface area contributed by atoms with E-state index in [2.05, 4.69) is 4.90 Å². The summed E-state index contributed by atoms with van der Waals surface area (Å²) in [7, 11) is 0. The number of nitrogens with zero attached hydrogens (tertiary/aromatic N) is 1. The lowest BCUT2D eigenvalue weighted by Gasteiger charge is -2.47. The third-order valence-electron chi connectivity index (χ3n) is 5.86. The largest absolute Gasteiger partial charge is 0.508 e. The highest BCUT2D eigenvalue weighted by atomic mass is 19.1. The summed E-state index contributed by atoms with van der Waals surface area (Å²) >= 11 is 0. The van der Waals surface area contributed by atoms with E-state index in [0.717, 1.165) is 5.56 Å². The van der Waals surface area contributed by atoms with Gasteiger partial charge in [-0.25, -0.2) is 4.39 Å². The number of aliphatic hydroxyl groups is 2. The van der Waals surface area contributed by atoms with Crippen LogP contribution in [0.5, 0.6) is 11.5 Å². The number of phenols is 1. The molecule has 3 unspecified atom stereocenters. The lowest BCUT2D eigenvalue weighted by Crippen LogP contribution is -2.55. The Morgan fingerprint density at radius 3 is 2.44 bits per heavy atom. The fourth-order valence-electron chi connectivity index (χ4n) is 4.32. The molecule has 2 aromatic rings. The maximum atomic E-state index is 13.2. The first-order chi connectivity index (χ1) is 12.9. The van der Waals surface area contributed by atoms with E-state index in [-0.39, 0.29) is 23.7 Å². The van der Waals surface area contributed by atoms with Crippen LogP contribution in [0.1, 0.15) is 37.0 Å². The number of hydrogen-bond acceptors (Lipinski definition) is 5. The van der Waals surface area contributed by atoms with Gasteiger partial charge in [-0.1, -0.05) is 12.1 Å². The quantitative estimate of drug-likeness (QED) is 0.755. The Hall–Kier alpha value is -2.15. The number of benzene rings is 2. The summed E-state index contributed by atoms with van der Waals surface area (Å²) < 4.78 is 19.1. The van der Waals surface area contributed by atoms with Crippen molar-refractivity contribution in [1.82, 2.24) is 4.90 Å². The number of halogens is 1. The number of likely N-dealkylation sites (tertiary alicyclic amines) is 1. The van der Waals surface area contributed by atoms with Gasteiger partial charge in [0.25, 0.3) is 0 Å². The molecular weight excluding hydrogens is 349 g/mol. The number of fused-ring (bicyclic) bond motifs is 1. The van der Waals surface area contributed by atoms with E-state index in [1.807, 2.05) is 6.92 Å². The minimum absolute atomic E-state index is 0.105. The van der Waals surface area contributed by atoms with Gasteiger partial charge in [0.05, 0.1) is 11.6 Å². The van der Waals surface area contributed by atoms with E-state index < -0.39 is 11.7 Å². The maximum Gasteiger partial charge on any atom is 0.129 e. The highest BCUT2D eigenvalue weighted by molar-refractivity contribution is 5.43. The number of ether oxygens (including phenoxy) is 1. The second-order valence-electron chi connectivity index (χ2n) is 7.55. The van der Waals surface area contributed by atoms with Crippen LogP contribution in [0.3, 0.4) is 0 Å². The number of rotatable bonds is 2. The zero-order valence-corrected chi connectivity index (χ0v) is 15.2. The molecule has 0 amide bonds. The van der Waals surface area contributed by atoms with Gasteiger partial charge in [-0.2, -0.15) is 0 Å². The molecule has 3 N–H and O–H groups in total. The minimum Gasteiger partial charge on any atom is -0.508 e. The third-order valence-corrected chi connectivity index (χ3v) is 5.86. The molecule has 0 saturated carbocycles. The summed E-state index contributed by atoms with van der Waals surface area (Å²) in [5, 5.41) is 31.5. The SMILES string of the molecule is CC1Oc2cc(O)ccc2C(O)C1N1CCC(O)(c2ccc(F)cc2)CC1. The molecule has 1 fully saturated rings. The van der Waals surface area contributed by atoms with Crippen LogP contribution >= 0.6 is 0 Å². The molecule has 2 aliphatic heterocycles. The minimum atomic E-state index is -0.988. The smallest absolute Gasteiger partial charge is 0.129 e. The Labute approximate surface area is 157 Å². The van der Waals surface area contributed by atoms with Crippen molar-refractivity contribution in [2.45, 2.75) is 43.6 Å². The topological polar surface area (TPSA) is 73.2 Å². The Kier molecular flexibility index (Phi) is 4.58. The van der Waals surface area contributed by atoms with Gasteiger partial charge in [-0.15, -0.1) is 0 Å². The van der Waals surface area contributed by atoms with Crippen LogP contribution in [-0.4, -0.2) is 45.5 Å². The van der Waals surface area contributed by atoms with Crippen LogP contribution in [-0.2, 0) is 5.60 Å². The van der Waals surface area contributed by atoms with E-state index >= 15 is 0 Å². The molecule has 4 rings (SSSR count). The van der Waals surface area contributed by atoms with Crippen LogP contribution in [0.25, 0.3) is 0 Å². The number of phenolic OH excluding ortho intramolecular Hbond substituents is 1. The zero-order chi connectivity index (χ0) is 19.2. The van der Waals surface area contributed by atoms with E-state index in [9.17, 15) is 19.7 Å². The molecular formula is C21H24FNO4. The van der Waals surface area contributed by atoms with Crippen LogP contribution in [0, 0.1) is 5.82 Å². The molecule has 6 heteroatoms. The van der Waals surface area contributed by atoms with Gasteiger partial charge in [0.1, 0.15) is 29.5 Å². The molecule has 2 aromatic carbocycles. The lowest BCUT2D eigenvalue weighted by atomic mass is 9.82. The van der Waals surface area contributed by atoms with E-state index in [1.54, 1.807) is 24.3 Å². The van der Waals surface area contributed by atoms with Gasteiger partial charge in [0.2, 0.25) is 0 Å². The number of hydrogen-bond donors (Lipinski definition) is 3. The normalized spacial score (nSPS) is 27.6. The molecule has 1 saturated heterocycles. The highest BCUT2D eigenvalue weighted by Crippen LogP contribution is 2.41. The Morgan fingerprint density at radius 2 is 1.78 bits per heavy atom. The van der Waals surface area contributed by atoms with Crippen LogP contribution in [0.15, 0.2) is 42.5 Å². The lowest BCUT2D eigenvalue weighted by molar-refractivity contribution is -0.0825. The molecule has 0 aliphatic carbocycles. The van der Waals surface area contributed by atoms with E-state index in [1.165, 1.54) is 18.2 Å². The number of aliphatic hydroxyl groups excluding tert-OH is 1. The molecule has 2 heterocycles. The number of aromatic hydroxyl groups is 1. The van der Waals surface area contributed by atoms with Gasteiger partial charge in [-0.3, -0.25) is 4.90 Å². The first-order valence-corrected chi connectivity index (χ1v) is 9.27. The average Bonchev–Trinajstić information content (AvgIpc) is 2.63.